The van der Waals surface area contributed by atoms with E-state index in [1.54, 1.807) is 24.3 Å². The van der Waals surface area contributed by atoms with Gasteiger partial charge in [0.15, 0.2) is 15.7 Å². The van der Waals surface area contributed by atoms with Gasteiger partial charge in [0.2, 0.25) is 5.89 Å². The maximum Gasteiger partial charge on any atom is 0.244 e. The van der Waals surface area contributed by atoms with Crippen LogP contribution < -0.4 is 0 Å². The topological polar surface area (TPSA) is 96.5 Å². The minimum atomic E-state index is -3.54. The third kappa shape index (κ3) is 4.94. The normalized spacial score (nSPS) is 21.7. The first-order chi connectivity index (χ1) is 12.5. The van der Waals surface area contributed by atoms with Gasteiger partial charge in [-0.15, -0.1) is 0 Å². The molecule has 3 rings (SSSR count). The largest absolute Gasteiger partial charge is 0.392 e. The van der Waals surface area contributed by atoms with Crippen LogP contribution in [0.2, 0.25) is 0 Å². The fourth-order valence-electron chi connectivity index (χ4n) is 3.38. The molecule has 0 saturated carbocycles. The van der Waals surface area contributed by atoms with Crippen LogP contribution in [0.1, 0.15) is 50.5 Å². The van der Waals surface area contributed by atoms with Crippen molar-refractivity contribution in [2.24, 2.45) is 5.41 Å². The molecule has 1 aliphatic heterocycles. The van der Waals surface area contributed by atoms with Gasteiger partial charge < -0.3 is 9.63 Å². The minimum Gasteiger partial charge on any atom is -0.392 e. The van der Waals surface area contributed by atoms with Crippen LogP contribution in [0.5, 0.6) is 0 Å². The Bertz CT molecular complexity index is 884. The molecule has 1 aromatic heterocycles. The number of aryl methyl sites for hydroxylation is 1. The van der Waals surface area contributed by atoms with Gasteiger partial charge in [0, 0.05) is 13.1 Å². The molecule has 148 valence electrons. The molecule has 7 nitrogen and oxygen atoms in total. The second kappa shape index (κ2) is 7.33. The highest BCUT2D eigenvalue weighted by molar-refractivity contribution is 7.90. The van der Waals surface area contributed by atoms with E-state index in [-0.39, 0.29) is 27.9 Å². The first-order valence-corrected chi connectivity index (χ1v) is 10.7. The molecule has 0 amide bonds. The van der Waals surface area contributed by atoms with Crippen LogP contribution in [0.3, 0.4) is 0 Å². The molecule has 1 aromatic carbocycles. The molecule has 2 atom stereocenters. The van der Waals surface area contributed by atoms with E-state index in [1.165, 1.54) is 0 Å². The lowest BCUT2D eigenvalue weighted by Gasteiger charge is -2.29. The Hall–Kier alpha value is -1.77. The predicted octanol–water partition coefficient (Wildman–Crippen LogP) is 2.51. The number of hydrogen-bond donors (Lipinski definition) is 1. The fraction of sp³-hybridized carbons (Fsp3) is 0.579. The molecular weight excluding hydrogens is 366 g/mol. The summed E-state index contributed by atoms with van der Waals surface area (Å²) in [5.74, 6) is 0.196. The number of aromatic nitrogens is 2. The van der Waals surface area contributed by atoms with Gasteiger partial charge in [-0.1, -0.05) is 43.6 Å². The highest BCUT2D eigenvalue weighted by atomic mass is 32.2. The van der Waals surface area contributed by atoms with E-state index in [4.69, 9.17) is 4.52 Å². The molecule has 2 aromatic rings. The third-order valence-electron chi connectivity index (χ3n) is 4.53. The molecule has 27 heavy (non-hydrogen) atoms. The van der Waals surface area contributed by atoms with E-state index < -0.39 is 15.9 Å². The van der Waals surface area contributed by atoms with Crippen molar-refractivity contribution < 1.29 is 18.0 Å². The van der Waals surface area contributed by atoms with Gasteiger partial charge in [0.25, 0.3) is 0 Å². The highest BCUT2D eigenvalue weighted by Gasteiger charge is 2.37. The Balaban J connectivity index is 1.77. The maximum atomic E-state index is 12.6. The van der Waals surface area contributed by atoms with Gasteiger partial charge in [-0.05, 0) is 30.9 Å². The van der Waals surface area contributed by atoms with Crippen LogP contribution in [0, 0.1) is 12.3 Å². The van der Waals surface area contributed by atoms with Crippen molar-refractivity contribution in [3.63, 3.8) is 0 Å². The van der Waals surface area contributed by atoms with Gasteiger partial charge in [0.1, 0.15) is 5.75 Å². The molecule has 1 saturated heterocycles. The van der Waals surface area contributed by atoms with E-state index in [0.29, 0.717) is 18.9 Å². The van der Waals surface area contributed by atoms with Gasteiger partial charge in [0.05, 0.1) is 17.0 Å². The molecular formula is C19H27N3O4S. The minimum absolute atomic E-state index is 0.0555. The number of aliphatic hydroxyl groups excluding tert-OH is 1. The summed E-state index contributed by atoms with van der Waals surface area (Å²) < 4.78 is 30.5. The zero-order chi connectivity index (χ0) is 19.8. The summed E-state index contributed by atoms with van der Waals surface area (Å²) in [5, 5.41) is 13.9. The second-order valence-corrected chi connectivity index (χ2v) is 10.5. The van der Waals surface area contributed by atoms with Crippen LogP contribution in [-0.2, 0) is 15.6 Å². The summed E-state index contributed by atoms with van der Waals surface area (Å²) in [4.78, 5) is 6.69. The van der Waals surface area contributed by atoms with E-state index >= 15 is 0 Å². The van der Waals surface area contributed by atoms with Crippen molar-refractivity contribution in [3.05, 3.63) is 41.5 Å². The number of hydrogen-bond acceptors (Lipinski definition) is 7. The van der Waals surface area contributed by atoms with Crippen LogP contribution in [0.25, 0.3) is 0 Å². The zero-order valence-corrected chi connectivity index (χ0v) is 17.0. The molecule has 1 fully saturated rings. The van der Waals surface area contributed by atoms with Crippen molar-refractivity contribution >= 4 is 9.84 Å². The number of sulfone groups is 1. The molecule has 0 spiro atoms. The predicted molar refractivity (Wildman–Crippen MR) is 101 cm³/mol. The van der Waals surface area contributed by atoms with Crippen molar-refractivity contribution in [1.29, 1.82) is 0 Å². The molecule has 8 heteroatoms. The van der Waals surface area contributed by atoms with Gasteiger partial charge in [-0.2, -0.15) is 4.98 Å². The van der Waals surface area contributed by atoms with Gasteiger partial charge in [-0.25, -0.2) is 8.42 Å². The molecule has 1 aliphatic rings. The van der Waals surface area contributed by atoms with E-state index in [1.807, 2.05) is 6.92 Å². The molecule has 2 heterocycles. The summed E-state index contributed by atoms with van der Waals surface area (Å²) >= 11 is 0. The van der Waals surface area contributed by atoms with Crippen LogP contribution in [-0.4, -0.2) is 47.8 Å². The Labute approximate surface area is 160 Å². The lowest BCUT2D eigenvalue weighted by atomic mass is 9.96. The summed E-state index contributed by atoms with van der Waals surface area (Å²) in [6.45, 7) is 9.60. The Morgan fingerprint density at radius 2 is 1.93 bits per heavy atom. The monoisotopic (exact) mass is 393 g/mol. The van der Waals surface area contributed by atoms with Crippen LogP contribution in [0.4, 0.5) is 0 Å². The quantitative estimate of drug-likeness (QED) is 0.833. The van der Waals surface area contributed by atoms with Crippen molar-refractivity contribution in [2.75, 3.05) is 13.1 Å². The van der Waals surface area contributed by atoms with E-state index in [0.717, 1.165) is 12.1 Å². The van der Waals surface area contributed by atoms with E-state index in [2.05, 4.69) is 35.8 Å². The van der Waals surface area contributed by atoms with Gasteiger partial charge >= 0.3 is 0 Å². The average molecular weight is 394 g/mol. The Morgan fingerprint density at radius 3 is 2.56 bits per heavy atom. The van der Waals surface area contributed by atoms with E-state index in [9.17, 15) is 13.5 Å². The first-order valence-electron chi connectivity index (χ1n) is 9.07. The molecule has 0 unspecified atom stereocenters. The molecule has 0 aliphatic carbocycles. The summed E-state index contributed by atoms with van der Waals surface area (Å²) in [7, 11) is -3.54. The molecule has 0 bridgehead atoms. The number of aliphatic hydroxyl groups is 1. The number of benzene rings is 1. The number of rotatable bonds is 5. The van der Waals surface area contributed by atoms with Crippen molar-refractivity contribution in [2.45, 2.75) is 56.9 Å². The van der Waals surface area contributed by atoms with Crippen molar-refractivity contribution in [1.82, 2.24) is 15.0 Å². The number of nitrogens with zero attached hydrogens (tertiary/aromatic N) is 3. The number of β-amino-alcohol motifs (C(OH)–C–C–N with tert-alkyl or cyclic N) is 1. The SMILES string of the molecule is Cc1ccc(S(=O)(=O)Cc2noc([C@@H]3C[C@@H](O)CN3CC(C)(C)C)n2)cc1. The fourth-order valence-corrected chi connectivity index (χ4v) is 4.56. The lowest BCUT2D eigenvalue weighted by molar-refractivity contribution is 0.139. The van der Waals surface area contributed by atoms with Gasteiger partial charge in [-0.3, -0.25) is 4.90 Å². The van der Waals surface area contributed by atoms with Crippen LogP contribution >= 0.6 is 0 Å². The highest BCUT2D eigenvalue weighted by Crippen LogP contribution is 2.34. The lowest BCUT2D eigenvalue weighted by Crippen LogP contribution is -2.33. The van der Waals surface area contributed by atoms with Crippen molar-refractivity contribution in [3.8, 4) is 0 Å². The Kier molecular flexibility index (Phi) is 5.42. The summed E-state index contributed by atoms with van der Waals surface area (Å²) in [6.07, 6.45) is 0.0478. The second-order valence-electron chi connectivity index (χ2n) is 8.52. The molecule has 0 radical (unpaired) electrons. The first kappa shape index (κ1) is 20.0. The summed E-state index contributed by atoms with van der Waals surface area (Å²) in [6, 6.07) is 6.51. The molecule has 1 N–H and O–H groups in total. The smallest absolute Gasteiger partial charge is 0.244 e. The third-order valence-corrected chi connectivity index (χ3v) is 6.16. The zero-order valence-electron chi connectivity index (χ0n) is 16.2. The van der Waals surface area contributed by atoms with Crippen LogP contribution in [0.15, 0.2) is 33.7 Å². The Morgan fingerprint density at radius 1 is 1.26 bits per heavy atom. The number of likely N-dealkylation sites (tertiary alicyclic amines) is 1. The standard InChI is InChI=1S/C19H27N3O4S/c1-13-5-7-15(8-6-13)27(24,25)11-17-20-18(26-21-17)16-9-14(23)10-22(16)12-19(2,3)4/h5-8,14,16,23H,9-12H2,1-4H3/t14-,16+/m1/s1. The maximum absolute atomic E-state index is 12.6. The average Bonchev–Trinajstić information content (AvgIpc) is 3.12. The summed E-state index contributed by atoms with van der Waals surface area (Å²) in [5.41, 5.74) is 1.05.